The van der Waals surface area contributed by atoms with Gasteiger partial charge in [-0.05, 0) is 24.3 Å². The predicted molar refractivity (Wildman–Crippen MR) is 70.6 cm³/mol. The van der Waals surface area contributed by atoms with E-state index in [9.17, 15) is 13.9 Å². The summed E-state index contributed by atoms with van der Waals surface area (Å²) < 4.78 is 31.4. The van der Waals surface area contributed by atoms with E-state index in [1.807, 2.05) is 0 Å². The highest BCUT2D eigenvalue weighted by molar-refractivity contribution is 5.42. The number of anilines is 1. The summed E-state index contributed by atoms with van der Waals surface area (Å²) in [4.78, 5) is 3.98. The molecule has 1 heterocycles. The molecular weight excluding hydrogens is 266 g/mol. The van der Waals surface area contributed by atoms with Gasteiger partial charge in [-0.25, -0.2) is 13.8 Å². The highest BCUT2D eigenvalue weighted by Crippen LogP contribution is 2.19. The Morgan fingerprint density at radius 2 is 2.10 bits per heavy atom. The number of benzene rings is 1. The van der Waals surface area contributed by atoms with Crippen LogP contribution in [-0.2, 0) is 0 Å². The van der Waals surface area contributed by atoms with Gasteiger partial charge in [0.2, 0.25) is 5.88 Å². The van der Waals surface area contributed by atoms with Crippen molar-refractivity contribution in [2.24, 2.45) is 0 Å². The van der Waals surface area contributed by atoms with Crippen molar-refractivity contribution in [1.82, 2.24) is 4.98 Å². The molecule has 0 aliphatic carbocycles. The van der Waals surface area contributed by atoms with Crippen molar-refractivity contribution in [2.45, 2.75) is 6.10 Å². The van der Waals surface area contributed by atoms with Gasteiger partial charge >= 0.3 is 0 Å². The first kappa shape index (κ1) is 14.2. The van der Waals surface area contributed by atoms with Gasteiger partial charge in [-0.3, -0.25) is 0 Å². The molecular formula is C14H14F2N2O2. The largest absolute Gasteiger partial charge is 0.481 e. The van der Waals surface area contributed by atoms with Crippen LogP contribution in [0.3, 0.4) is 0 Å². The van der Waals surface area contributed by atoms with E-state index in [1.54, 1.807) is 12.1 Å². The molecule has 0 radical (unpaired) electrons. The standard InChI is InChI=1S/C14H14F2N2O2/c1-20-14-5-3-10(7-18-14)17-8-13(19)11-6-9(15)2-4-12(11)16/h2-7,13,17,19H,8H2,1H3. The Balaban J connectivity index is 2.00. The van der Waals surface area contributed by atoms with Gasteiger partial charge in [0.15, 0.2) is 0 Å². The van der Waals surface area contributed by atoms with Crippen LogP contribution < -0.4 is 10.1 Å². The zero-order valence-corrected chi connectivity index (χ0v) is 10.8. The number of hydrogen-bond acceptors (Lipinski definition) is 4. The molecule has 0 saturated carbocycles. The summed E-state index contributed by atoms with van der Waals surface area (Å²) in [6, 6.07) is 6.33. The molecule has 20 heavy (non-hydrogen) atoms. The van der Waals surface area contributed by atoms with Crippen molar-refractivity contribution < 1.29 is 18.6 Å². The van der Waals surface area contributed by atoms with E-state index in [0.29, 0.717) is 11.6 Å². The third-order valence-electron chi connectivity index (χ3n) is 2.76. The van der Waals surface area contributed by atoms with E-state index in [4.69, 9.17) is 4.74 Å². The number of methoxy groups -OCH3 is 1. The highest BCUT2D eigenvalue weighted by atomic mass is 19.1. The Kier molecular flexibility index (Phi) is 4.47. The van der Waals surface area contributed by atoms with Crippen molar-refractivity contribution in [3.05, 3.63) is 53.7 Å². The molecule has 1 aromatic heterocycles. The second kappa shape index (κ2) is 6.29. The summed E-state index contributed by atoms with van der Waals surface area (Å²) in [6.45, 7) is 0.0361. The van der Waals surface area contributed by atoms with Crippen LogP contribution in [0.4, 0.5) is 14.5 Å². The molecule has 0 amide bonds. The Labute approximate surface area is 115 Å². The van der Waals surface area contributed by atoms with Gasteiger partial charge in [0.05, 0.1) is 25.1 Å². The third kappa shape index (κ3) is 3.42. The van der Waals surface area contributed by atoms with Gasteiger partial charge in [0.1, 0.15) is 11.6 Å². The summed E-state index contributed by atoms with van der Waals surface area (Å²) in [7, 11) is 1.51. The van der Waals surface area contributed by atoms with Crippen molar-refractivity contribution in [3.63, 3.8) is 0 Å². The molecule has 0 aliphatic heterocycles. The molecule has 0 saturated heterocycles. The fraction of sp³-hybridized carbons (Fsp3) is 0.214. The first-order chi connectivity index (χ1) is 9.60. The fourth-order valence-corrected chi connectivity index (χ4v) is 1.70. The van der Waals surface area contributed by atoms with E-state index in [2.05, 4.69) is 10.3 Å². The van der Waals surface area contributed by atoms with E-state index in [0.717, 1.165) is 18.2 Å². The van der Waals surface area contributed by atoms with E-state index < -0.39 is 17.7 Å². The average molecular weight is 280 g/mol. The number of ether oxygens (including phenoxy) is 1. The number of nitrogens with zero attached hydrogens (tertiary/aromatic N) is 1. The number of hydrogen-bond donors (Lipinski definition) is 2. The SMILES string of the molecule is COc1ccc(NCC(O)c2cc(F)ccc2F)cn1. The number of nitrogens with one attached hydrogen (secondary N) is 1. The minimum atomic E-state index is -1.16. The maximum atomic E-state index is 13.5. The molecule has 1 unspecified atom stereocenters. The molecule has 6 heteroatoms. The van der Waals surface area contributed by atoms with Crippen molar-refractivity contribution in [3.8, 4) is 5.88 Å². The molecule has 1 atom stereocenters. The maximum absolute atomic E-state index is 13.5. The van der Waals surface area contributed by atoms with Crippen molar-refractivity contribution >= 4 is 5.69 Å². The Morgan fingerprint density at radius 1 is 1.30 bits per heavy atom. The Bertz CT molecular complexity index is 576. The smallest absolute Gasteiger partial charge is 0.213 e. The van der Waals surface area contributed by atoms with Crippen LogP contribution in [0.15, 0.2) is 36.5 Å². The molecule has 1 aromatic carbocycles. The number of aromatic nitrogens is 1. The lowest BCUT2D eigenvalue weighted by atomic mass is 10.1. The lowest BCUT2D eigenvalue weighted by Crippen LogP contribution is -2.13. The maximum Gasteiger partial charge on any atom is 0.213 e. The Morgan fingerprint density at radius 3 is 2.75 bits per heavy atom. The molecule has 2 rings (SSSR count). The fourth-order valence-electron chi connectivity index (χ4n) is 1.70. The zero-order chi connectivity index (χ0) is 14.5. The topological polar surface area (TPSA) is 54.4 Å². The van der Waals surface area contributed by atoms with Gasteiger partial charge in [-0.1, -0.05) is 0 Å². The second-order valence-electron chi connectivity index (χ2n) is 4.15. The van der Waals surface area contributed by atoms with Gasteiger partial charge in [0, 0.05) is 18.2 Å². The predicted octanol–water partition coefficient (Wildman–Crippen LogP) is 2.51. The van der Waals surface area contributed by atoms with E-state index in [1.165, 1.54) is 13.3 Å². The van der Waals surface area contributed by atoms with Gasteiger partial charge in [-0.15, -0.1) is 0 Å². The first-order valence-electron chi connectivity index (χ1n) is 5.97. The molecule has 0 bridgehead atoms. The number of aliphatic hydroxyl groups excluding tert-OH is 1. The summed E-state index contributed by atoms with van der Waals surface area (Å²) in [5.74, 6) is -0.771. The van der Waals surface area contributed by atoms with Crippen LogP contribution >= 0.6 is 0 Å². The summed E-state index contributed by atoms with van der Waals surface area (Å²) in [6.07, 6.45) is 0.362. The van der Waals surface area contributed by atoms with Gasteiger partial charge in [0.25, 0.3) is 0 Å². The number of rotatable bonds is 5. The van der Waals surface area contributed by atoms with Crippen molar-refractivity contribution in [2.75, 3.05) is 19.0 Å². The van der Waals surface area contributed by atoms with Crippen LogP contribution in [0, 0.1) is 11.6 Å². The molecule has 0 fully saturated rings. The first-order valence-corrected chi connectivity index (χ1v) is 5.97. The quantitative estimate of drug-likeness (QED) is 0.883. The van der Waals surface area contributed by atoms with Crippen LogP contribution in [0.2, 0.25) is 0 Å². The molecule has 2 N–H and O–H groups in total. The van der Waals surface area contributed by atoms with Gasteiger partial charge < -0.3 is 15.2 Å². The number of aliphatic hydroxyl groups is 1. The molecule has 0 spiro atoms. The molecule has 4 nitrogen and oxygen atoms in total. The third-order valence-corrected chi connectivity index (χ3v) is 2.76. The number of halogens is 2. The molecule has 106 valence electrons. The molecule has 0 aliphatic rings. The van der Waals surface area contributed by atoms with E-state index in [-0.39, 0.29) is 12.1 Å². The van der Waals surface area contributed by atoms with Crippen LogP contribution in [0.25, 0.3) is 0 Å². The summed E-state index contributed by atoms with van der Waals surface area (Å²) in [5, 5.41) is 12.8. The van der Waals surface area contributed by atoms with Crippen LogP contribution in [0.1, 0.15) is 11.7 Å². The van der Waals surface area contributed by atoms with Crippen LogP contribution in [0.5, 0.6) is 5.88 Å². The minimum Gasteiger partial charge on any atom is -0.481 e. The van der Waals surface area contributed by atoms with Gasteiger partial charge in [-0.2, -0.15) is 0 Å². The second-order valence-corrected chi connectivity index (χ2v) is 4.15. The average Bonchev–Trinajstić information content (AvgIpc) is 2.47. The minimum absolute atomic E-state index is 0.0361. The lowest BCUT2D eigenvalue weighted by molar-refractivity contribution is 0.186. The number of pyridine rings is 1. The van der Waals surface area contributed by atoms with E-state index >= 15 is 0 Å². The van der Waals surface area contributed by atoms with Crippen LogP contribution in [-0.4, -0.2) is 23.7 Å². The summed E-state index contributed by atoms with van der Waals surface area (Å²) in [5.41, 5.74) is 0.556. The zero-order valence-electron chi connectivity index (χ0n) is 10.8. The normalized spacial score (nSPS) is 12.0. The van der Waals surface area contributed by atoms with Crippen molar-refractivity contribution in [1.29, 1.82) is 0 Å². The monoisotopic (exact) mass is 280 g/mol. The lowest BCUT2D eigenvalue weighted by Gasteiger charge is -2.14. The summed E-state index contributed by atoms with van der Waals surface area (Å²) >= 11 is 0. The Hall–Kier alpha value is -2.21. The highest BCUT2D eigenvalue weighted by Gasteiger charge is 2.13. The molecule has 2 aromatic rings.